The van der Waals surface area contributed by atoms with Gasteiger partial charge in [0.1, 0.15) is 0 Å². The van der Waals surface area contributed by atoms with E-state index in [2.05, 4.69) is 48.0 Å². The molecule has 0 aliphatic rings. The van der Waals surface area contributed by atoms with Gasteiger partial charge in [-0.05, 0) is 24.1 Å². The van der Waals surface area contributed by atoms with Crippen LogP contribution in [0.1, 0.15) is 20.3 Å². The van der Waals surface area contributed by atoms with Crippen molar-refractivity contribution in [3.8, 4) is 0 Å². The molecule has 0 aromatic heterocycles. The number of halogens is 1. The van der Waals surface area contributed by atoms with Crippen LogP contribution in [0.5, 0.6) is 0 Å². The Morgan fingerprint density at radius 3 is 2.80 bits per heavy atom. The largest absolute Gasteiger partial charge is 0.327 e. The summed E-state index contributed by atoms with van der Waals surface area (Å²) in [6, 6.07) is 8.64. The Kier molecular flexibility index (Phi) is 5.72. The first-order valence-electron chi connectivity index (χ1n) is 5.27. The summed E-state index contributed by atoms with van der Waals surface area (Å²) in [6.07, 6.45) is 1.15. The highest BCUT2D eigenvalue weighted by molar-refractivity contribution is 9.10. The molecule has 3 heteroatoms. The summed E-state index contributed by atoms with van der Waals surface area (Å²) in [5.41, 5.74) is 6.08. The number of hydrogen-bond acceptors (Lipinski definition) is 2. The minimum absolute atomic E-state index is 0.291. The summed E-state index contributed by atoms with van der Waals surface area (Å²) in [4.78, 5) is 1.28. The second kappa shape index (κ2) is 6.56. The van der Waals surface area contributed by atoms with Crippen LogP contribution in [-0.4, -0.2) is 11.8 Å². The molecule has 0 saturated carbocycles. The van der Waals surface area contributed by atoms with Gasteiger partial charge in [0.05, 0.1) is 0 Å². The van der Waals surface area contributed by atoms with Crippen LogP contribution in [0.4, 0.5) is 0 Å². The number of rotatable bonds is 5. The van der Waals surface area contributed by atoms with Crippen LogP contribution in [0.25, 0.3) is 0 Å². The van der Waals surface area contributed by atoms with Crippen molar-refractivity contribution < 1.29 is 0 Å². The van der Waals surface area contributed by atoms with E-state index in [1.165, 1.54) is 4.90 Å². The van der Waals surface area contributed by atoms with Crippen LogP contribution in [0, 0.1) is 5.92 Å². The Morgan fingerprint density at radius 2 is 2.20 bits per heavy atom. The minimum Gasteiger partial charge on any atom is -0.327 e. The topological polar surface area (TPSA) is 26.0 Å². The van der Waals surface area contributed by atoms with Gasteiger partial charge < -0.3 is 5.73 Å². The lowest BCUT2D eigenvalue weighted by molar-refractivity contribution is 0.475. The lowest BCUT2D eigenvalue weighted by Gasteiger charge is -2.17. The Hall–Kier alpha value is 0.01000. The van der Waals surface area contributed by atoms with Gasteiger partial charge in [-0.2, -0.15) is 0 Å². The van der Waals surface area contributed by atoms with Crippen LogP contribution in [-0.2, 0) is 0 Å². The predicted octanol–water partition coefficient (Wildman–Crippen LogP) is 3.91. The zero-order valence-electron chi connectivity index (χ0n) is 9.24. The first kappa shape index (κ1) is 13.1. The fraction of sp³-hybridized carbons (Fsp3) is 0.500. The van der Waals surface area contributed by atoms with E-state index < -0.39 is 0 Å². The van der Waals surface area contributed by atoms with Gasteiger partial charge in [0, 0.05) is 21.2 Å². The Bertz CT molecular complexity index is 303. The fourth-order valence-corrected chi connectivity index (χ4v) is 2.87. The molecule has 0 fully saturated rings. The number of thioether (sulfide) groups is 1. The summed E-state index contributed by atoms with van der Waals surface area (Å²) in [5.74, 6) is 1.59. The van der Waals surface area contributed by atoms with Gasteiger partial charge in [0.2, 0.25) is 0 Å². The van der Waals surface area contributed by atoms with Gasteiger partial charge in [-0.1, -0.05) is 42.3 Å². The third kappa shape index (κ3) is 4.58. The summed E-state index contributed by atoms with van der Waals surface area (Å²) >= 11 is 5.30. The Labute approximate surface area is 105 Å². The van der Waals surface area contributed by atoms with Crippen molar-refractivity contribution in [1.82, 2.24) is 0 Å². The highest BCUT2D eigenvalue weighted by atomic mass is 79.9. The summed E-state index contributed by atoms with van der Waals surface area (Å²) in [7, 11) is 0. The SMILES string of the molecule is CCC(C)C(N)CSc1cccc(Br)c1. The average Bonchev–Trinajstić information content (AvgIpc) is 2.25. The molecule has 0 bridgehead atoms. The van der Waals surface area contributed by atoms with E-state index in [1.54, 1.807) is 0 Å². The molecule has 2 N–H and O–H groups in total. The molecule has 0 aliphatic heterocycles. The fourth-order valence-electron chi connectivity index (χ4n) is 1.22. The third-order valence-electron chi connectivity index (χ3n) is 2.61. The monoisotopic (exact) mass is 287 g/mol. The van der Waals surface area contributed by atoms with Crippen molar-refractivity contribution in [3.05, 3.63) is 28.7 Å². The quantitative estimate of drug-likeness (QED) is 0.831. The van der Waals surface area contributed by atoms with E-state index in [4.69, 9.17) is 5.73 Å². The van der Waals surface area contributed by atoms with Gasteiger partial charge in [-0.15, -0.1) is 11.8 Å². The molecule has 2 unspecified atom stereocenters. The maximum Gasteiger partial charge on any atom is 0.0186 e. The average molecular weight is 288 g/mol. The summed E-state index contributed by atoms with van der Waals surface area (Å²) < 4.78 is 1.13. The van der Waals surface area contributed by atoms with E-state index in [1.807, 2.05) is 17.8 Å². The van der Waals surface area contributed by atoms with Crippen LogP contribution < -0.4 is 5.73 Å². The first-order chi connectivity index (χ1) is 7.13. The Morgan fingerprint density at radius 1 is 1.47 bits per heavy atom. The second-order valence-electron chi connectivity index (χ2n) is 3.82. The highest BCUT2D eigenvalue weighted by Gasteiger charge is 2.10. The number of hydrogen-bond donors (Lipinski definition) is 1. The highest BCUT2D eigenvalue weighted by Crippen LogP contribution is 2.23. The van der Waals surface area contributed by atoms with Crippen molar-refractivity contribution in [2.24, 2.45) is 11.7 Å². The summed E-state index contributed by atoms with van der Waals surface area (Å²) in [6.45, 7) is 4.40. The predicted molar refractivity (Wildman–Crippen MR) is 72.3 cm³/mol. The van der Waals surface area contributed by atoms with Gasteiger partial charge in [-0.3, -0.25) is 0 Å². The molecule has 84 valence electrons. The number of nitrogens with two attached hydrogens (primary N) is 1. The van der Waals surface area contributed by atoms with Crippen molar-refractivity contribution in [2.75, 3.05) is 5.75 Å². The summed E-state index contributed by atoms with van der Waals surface area (Å²) in [5, 5.41) is 0. The van der Waals surface area contributed by atoms with E-state index in [-0.39, 0.29) is 0 Å². The number of benzene rings is 1. The molecule has 1 aromatic rings. The van der Waals surface area contributed by atoms with Crippen LogP contribution >= 0.6 is 27.7 Å². The molecule has 0 aliphatic carbocycles. The third-order valence-corrected chi connectivity index (χ3v) is 4.25. The van der Waals surface area contributed by atoms with Crippen molar-refractivity contribution in [2.45, 2.75) is 31.2 Å². The molecule has 0 radical (unpaired) electrons. The van der Waals surface area contributed by atoms with E-state index in [9.17, 15) is 0 Å². The minimum atomic E-state index is 0.291. The standard InChI is InChI=1S/C12H18BrNS/c1-3-9(2)12(14)8-15-11-6-4-5-10(13)7-11/h4-7,9,12H,3,8,14H2,1-2H3. The maximum absolute atomic E-state index is 6.08. The zero-order valence-corrected chi connectivity index (χ0v) is 11.6. The first-order valence-corrected chi connectivity index (χ1v) is 7.05. The van der Waals surface area contributed by atoms with E-state index in [0.717, 1.165) is 16.6 Å². The van der Waals surface area contributed by atoms with E-state index in [0.29, 0.717) is 12.0 Å². The molecule has 2 atom stereocenters. The van der Waals surface area contributed by atoms with Gasteiger partial charge >= 0.3 is 0 Å². The van der Waals surface area contributed by atoms with E-state index >= 15 is 0 Å². The molecule has 0 spiro atoms. The van der Waals surface area contributed by atoms with Crippen molar-refractivity contribution in [3.63, 3.8) is 0 Å². The van der Waals surface area contributed by atoms with Crippen molar-refractivity contribution in [1.29, 1.82) is 0 Å². The molecule has 1 aromatic carbocycles. The molecular weight excluding hydrogens is 270 g/mol. The molecular formula is C12H18BrNS. The molecule has 0 amide bonds. The van der Waals surface area contributed by atoms with Crippen LogP contribution in [0.2, 0.25) is 0 Å². The molecule has 0 heterocycles. The molecule has 1 rings (SSSR count). The molecule has 1 nitrogen and oxygen atoms in total. The van der Waals surface area contributed by atoms with Gasteiger partial charge in [0.25, 0.3) is 0 Å². The van der Waals surface area contributed by atoms with Crippen molar-refractivity contribution >= 4 is 27.7 Å². The van der Waals surface area contributed by atoms with Gasteiger partial charge in [-0.25, -0.2) is 0 Å². The second-order valence-corrected chi connectivity index (χ2v) is 5.83. The Balaban J connectivity index is 2.43. The normalized spacial score (nSPS) is 14.9. The molecule has 0 saturated heterocycles. The van der Waals surface area contributed by atoms with Gasteiger partial charge in [0.15, 0.2) is 0 Å². The zero-order chi connectivity index (χ0) is 11.3. The van der Waals surface area contributed by atoms with Crippen LogP contribution in [0.15, 0.2) is 33.6 Å². The van der Waals surface area contributed by atoms with Crippen LogP contribution in [0.3, 0.4) is 0 Å². The smallest absolute Gasteiger partial charge is 0.0186 e. The maximum atomic E-state index is 6.08. The molecule has 15 heavy (non-hydrogen) atoms. The lowest BCUT2D eigenvalue weighted by atomic mass is 10.0. The lowest BCUT2D eigenvalue weighted by Crippen LogP contribution is -2.30.